The molecule has 118 valence electrons. The predicted octanol–water partition coefficient (Wildman–Crippen LogP) is 4.03. The zero-order valence-electron chi connectivity index (χ0n) is 12.4. The fourth-order valence-corrected chi connectivity index (χ4v) is 2.09. The zero-order chi connectivity index (χ0) is 16.7. The fraction of sp³-hybridized carbons (Fsp3) is 0.0588. The van der Waals surface area contributed by atoms with Gasteiger partial charge < -0.3 is 15.4 Å². The van der Waals surface area contributed by atoms with Crippen molar-refractivity contribution in [3.63, 3.8) is 0 Å². The summed E-state index contributed by atoms with van der Waals surface area (Å²) in [5.74, 6) is -0.508. The van der Waals surface area contributed by atoms with E-state index in [1.165, 1.54) is 13.3 Å². The third kappa shape index (κ3) is 4.96. The maximum absolute atomic E-state index is 11.9. The van der Waals surface area contributed by atoms with Gasteiger partial charge in [-0.25, -0.2) is 9.59 Å². The molecule has 0 unspecified atom stereocenters. The molecule has 6 heteroatoms. The number of para-hydroxylation sites is 1. The van der Waals surface area contributed by atoms with E-state index in [2.05, 4.69) is 31.3 Å². The lowest BCUT2D eigenvalue weighted by Crippen LogP contribution is -2.25. The molecule has 2 rings (SSSR count). The number of urea groups is 1. The molecule has 0 spiro atoms. The van der Waals surface area contributed by atoms with Crippen molar-refractivity contribution >= 4 is 39.7 Å². The molecule has 0 fully saturated rings. The highest BCUT2D eigenvalue weighted by Gasteiger charge is 2.12. The average molecular weight is 375 g/mol. The highest BCUT2D eigenvalue weighted by Crippen LogP contribution is 2.16. The van der Waals surface area contributed by atoms with Crippen LogP contribution in [-0.2, 0) is 4.74 Å². The lowest BCUT2D eigenvalue weighted by atomic mass is 10.2. The fourth-order valence-electron chi connectivity index (χ4n) is 1.83. The van der Waals surface area contributed by atoms with Gasteiger partial charge in [-0.3, -0.25) is 0 Å². The molecule has 0 aliphatic heterocycles. The van der Waals surface area contributed by atoms with Gasteiger partial charge in [0, 0.05) is 10.7 Å². The van der Waals surface area contributed by atoms with Gasteiger partial charge in [-0.1, -0.05) is 40.2 Å². The number of ether oxygens (including phenoxy) is 1. The second-order valence-electron chi connectivity index (χ2n) is 4.52. The first-order valence-electron chi connectivity index (χ1n) is 6.77. The van der Waals surface area contributed by atoms with E-state index in [9.17, 15) is 9.59 Å². The minimum atomic E-state index is -0.508. The Morgan fingerprint density at radius 2 is 1.78 bits per heavy atom. The largest absolute Gasteiger partial charge is 0.465 e. The number of carbonyl (C=O) groups excluding carboxylic acids is 2. The summed E-state index contributed by atoms with van der Waals surface area (Å²) in [6, 6.07) is 13.8. The first-order chi connectivity index (χ1) is 11.1. The summed E-state index contributed by atoms with van der Waals surface area (Å²) in [5, 5.41) is 5.20. The molecule has 0 aliphatic rings. The zero-order valence-corrected chi connectivity index (χ0v) is 14.0. The topological polar surface area (TPSA) is 67.4 Å². The van der Waals surface area contributed by atoms with E-state index < -0.39 is 12.0 Å². The Labute approximate surface area is 142 Å². The van der Waals surface area contributed by atoms with Gasteiger partial charge in [0.1, 0.15) is 0 Å². The summed E-state index contributed by atoms with van der Waals surface area (Å²) in [7, 11) is 1.29. The first kappa shape index (κ1) is 16.8. The Morgan fingerprint density at radius 3 is 2.48 bits per heavy atom. The SMILES string of the molecule is COC(=O)c1ccccc1NC(=O)N/C=C/c1ccc(Br)cc1. The highest BCUT2D eigenvalue weighted by molar-refractivity contribution is 9.10. The van der Waals surface area contributed by atoms with Gasteiger partial charge in [0.15, 0.2) is 0 Å². The van der Waals surface area contributed by atoms with Crippen molar-refractivity contribution in [2.24, 2.45) is 0 Å². The quantitative estimate of drug-likeness (QED) is 0.793. The monoisotopic (exact) mass is 374 g/mol. The highest BCUT2D eigenvalue weighted by atomic mass is 79.9. The van der Waals surface area contributed by atoms with Gasteiger partial charge in [-0.15, -0.1) is 0 Å². The number of esters is 1. The normalized spacial score (nSPS) is 10.3. The van der Waals surface area contributed by atoms with Crippen LogP contribution in [0, 0.1) is 0 Å². The number of benzene rings is 2. The van der Waals surface area contributed by atoms with Crippen LogP contribution in [0.1, 0.15) is 15.9 Å². The standard InChI is InChI=1S/C17H15BrN2O3/c1-23-16(21)14-4-2-3-5-15(14)20-17(22)19-11-10-12-6-8-13(18)9-7-12/h2-11H,1H3,(H2,19,20,22)/b11-10+. The van der Waals surface area contributed by atoms with E-state index in [-0.39, 0.29) is 0 Å². The first-order valence-corrected chi connectivity index (χ1v) is 7.56. The molecule has 0 aliphatic carbocycles. The number of halogens is 1. The molecule has 5 nitrogen and oxygen atoms in total. The van der Waals surface area contributed by atoms with E-state index >= 15 is 0 Å². The molecule has 0 bridgehead atoms. The molecular formula is C17H15BrN2O3. The number of nitrogens with one attached hydrogen (secondary N) is 2. The molecule has 2 N–H and O–H groups in total. The van der Waals surface area contributed by atoms with Crippen molar-refractivity contribution in [1.82, 2.24) is 5.32 Å². The van der Waals surface area contributed by atoms with Crippen molar-refractivity contribution in [3.8, 4) is 0 Å². The molecule has 0 saturated carbocycles. The number of anilines is 1. The van der Waals surface area contributed by atoms with E-state index in [4.69, 9.17) is 0 Å². The van der Waals surface area contributed by atoms with Gasteiger partial charge in [0.25, 0.3) is 0 Å². The number of amides is 2. The van der Waals surface area contributed by atoms with Gasteiger partial charge in [0.2, 0.25) is 0 Å². The van der Waals surface area contributed by atoms with Crippen molar-refractivity contribution in [2.75, 3.05) is 12.4 Å². The molecule has 2 aromatic carbocycles. The number of rotatable bonds is 4. The third-order valence-electron chi connectivity index (χ3n) is 2.94. The maximum Gasteiger partial charge on any atom is 0.339 e. The Morgan fingerprint density at radius 1 is 1.09 bits per heavy atom. The minimum absolute atomic E-state index is 0.294. The van der Waals surface area contributed by atoms with Gasteiger partial charge >= 0.3 is 12.0 Å². The molecule has 0 radical (unpaired) electrons. The molecule has 0 atom stereocenters. The average Bonchev–Trinajstić information content (AvgIpc) is 2.56. The second-order valence-corrected chi connectivity index (χ2v) is 5.44. The Balaban J connectivity index is 1.97. The lowest BCUT2D eigenvalue weighted by molar-refractivity contribution is 0.0602. The van der Waals surface area contributed by atoms with Crippen LogP contribution in [0.3, 0.4) is 0 Å². The van der Waals surface area contributed by atoms with Gasteiger partial charge in [-0.2, -0.15) is 0 Å². The summed E-state index contributed by atoms with van der Waals surface area (Å²) in [5.41, 5.74) is 1.62. The van der Waals surface area contributed by atoms with Gasteiger partial charge in [-0.05, 0) is 35.9 Å². The molecule has 0 saturated heterocycles. The maximum atomic E-state index is 11.9. The van der Waals surface area contributed by atoms with Crippen LogP contribution in [0.4, 0.5) is 10.5 Å². The smallest absolute Gasteiger partial charge is 0.339 e. The van der Waals surface area contributed by atoms with Crippen molar-refractivity contribution in [3.05, 3.63) is 70.3 Å². The Bertz CT molecular complexity index is 727. The van der Waals surface area contributed by atoms with Crippen LogP contribution in [0.2, 0.25) is 0 Å². The number of methoxy groups -OCH3 is 1. The number of hydrogen-bond donors (Lipinski definition) is 2. The van der Waals surface area contributed by atoms with E-state index in [1.54, 1.807) is 30.3 Å². The number of carbonyl (C=O) groups is 2. The molecule has 0 aromatic heterocycles. The van der Waals surface area contributed by atoms with Crippen molar-refractivity contribution < 1.29 is 14.3 Å². The summed E-state index contributed by atoms with van der Waals surface area (Å²) in [6.07, 6.45) is 3.29. The summed E-state index contributed by atoms with van der Waals surface area (Å²) in [4.78, 5) is 23.5. The predicted molar refractivity (Wildman–Crippen MR) is 93.1 cm³/mol. The molecule has 2 amide bonds. The van der Waals surface area contributed by atoms with Crippen LogP contribution < -0.4 is 10.6 Å². The summed E-state index contributed by atoms with van der Waals surface area (Å²) >= 11 is 3.36. The molecule has 0 heterocycles. The summed E-state index contributed by atoms with van der Waals surface area (Å²) in [6.45, 7) is 0. The summed E-state index contributed by atoms with van der Waals surface area (Å²) < 4.78 is 5.66. The van der Waals surface area contributed by atoms with Crippen LogP contribution in [-0.4, -0.2) is 19.1 Å². The Hall–Kier alpha value is -2.60. The van der Waals surface area contributed by atoms with Gasteiger partial charge in [0.05, 0.1) is 18.4 Å². The Kier molecular flexibility index (Phi) is 5.94. The van der Waals surface area contributed by atoms with Crippen LogP contribution in [0.25, 0.3) is 6.08 Å². The number of hydrogen-bond acceptors (Lipinski definition) is 3. The molecule has 23 heavy (non-hydrogen) atoms. The third-order valence-corrected chi connectivity index (χ3v) is 3.47. The van der Waals surface area contributed by atoms with Crippen LogP contribution >= 0.6 is 15.9 Å². The minimum Gasteiger partial charge on any atom is -0.465 e. The molecule has 2 aromatic rings. The van der Waals surface area contributed by atoms with Crippen molar-refractivity contribution in [2.45, 2.75) is 0 Å². The lowest BCUT2D eigenvalue weighted by Gasteiger charge is -2.09. The second kappa shape index (κ2) is 8.14. The van der Waals surface area contributed by atoms with Crippen molar-refractivity contribution in [1.29, 1.82) is 0 Å². The van der Waals surface area contributed by atoms with Crippen LogP contribution in [0.5, 0.6) is 0 Å². The van der Waals surface area contributed by atoms with E-state index in [0.29, 0.717) is 11.3 Å². The van der Waals surface area contributed by atoms with E-state index in [0.717, 1.165) is 10.0 Å². The van der Waals surface area contributed by atoms with Crippen LogP contribution in [0.15, 0.2) is 59.2 Å². The van der Waals surface area contributed by atoms with E-state index in [1.807, 2.05) is 24.3 Å². The molecular weight excluding hydrogens is 360 g/mol.